The Morgan fingerprint density at radius 1 is 1.12 bits per heavy atom. The molecule has 0 bridgehead atoms. The summed E-state index contributed by atoms with van der Waals surface area (Å²) in [6.45, 7) is 5.92. The van der Waals surface area contributed by atoms with E-state index in [9.17, 15) is 19.2 Å². The molecule has 3 amide bonds. The average Bonchev–Trinajstić information content (AvgIpc) is 2.80. The van der Waals surface area contributed by atoms with Gasteiger partial charge in [0.15, 0.2) is 6.61 Å². The van der Waals surface area contributed by atoms with Gasteiger partial charge in [-0.15, -0.1) is 11.8 Å². The van der Waals surface area contributed by atoms with Crippen LogP contribution < -0.4 is 5.32 Å². The van der Waals surface area contributed by atoms with Gasteiger partial charge < -0.3 is 19.9 Å². The summed E-state index contributed by atoms with van der Waals surface area (Å²) in [5.41, 5.74) is 1.47. The lowest BCUT2D eigenvalue weighted by molar-refractivity contribution is -0.140. The van der Waals surface area contributed by atoms with Crippen molar-refractivity contribution >= 4 is 41.6 Å². The number of rotatable bonds is 6. The maximum absolute atomic E-state index is 12.8. The Morgan fingerprint density at radius 2 is 1.76 bits per heavy atom. The van der Waals surface area contributed by atoms with Crippen LogP contribution in [0.5, 0.6) is 0 Å². The van der Waals surface area contributed by atoms with Crippen LogP contribution in [0.4, 0.5) is 5.69 Å². The lowest BCUT2D eigenvalue weighted by Crippen LogP contribution is -2.46. The van der Waals surface area contributed by atoms with E-state index in [-0.39, 0.29) is 18.4 Å². The SMILES string of the molecule is CC(C)(C)N(Cc1ccccc1)C(=O)COC(=O)c1ccc2c(c1)NC(=O)CS2.CN(C)C=O. The smallest absolute Gasteiger partial charge is 0.338 e. The van der Waals surface area contributed by atoms with Crippen molar-refractivity contribution in [3.05, 3.63) is 59.7 Å². The number of carbonyl (C=O) groups excluding carboxylic acids is 4. The number of amides is 3. The highest BCUT2D eigenvalue weighted by Crippen LogP contribution is 2.32. The number of benzene rings is 2. The van der Waals surface area contributed by atoms with Crippen molar-refractivity contribution in [2.75, 3.05) is 31.8 Å². The van der Waals surface area contributed by atoms with E-state index in [0.29, 0.717) is 23.5 Å². The number of hydrogen-bond donors (Lipinski definition) is 1. The number of anilines is 1. The van der Waals surface area contributed by atoms with Gasteiger partial charge in [0.1, 0.15) is 0 Å². The molecule has 1 heterocycles. The summed E-state index contributed by atoms with van der Waals surface area (Å²) in [7, 11) is 3.38. The molecule has 3 rings (SSSR count). The van der Waals surface area contributed by atoms with E-state index in [4.69, 9.17) is 4.74 Å². The Bertz CT molecular complexity index is 1020. The Kier molecular flexibility index (Phi) is 9.68. The zero-order valence-corrected chi connectivity index (χ0v) is 21.0. The van der Waals surface area contributed by atoms with Gasteiger partial charge >= 0.3 is 5.97 Å². The first-order valence-corrected chi connectivity index (χ1v) is 11.7. The third-order valence-corrected chi connectivity index (χ3v) is 5.75. The molecule has 0 unspecified atom stereocenters. The van der Waals surface area contributed by atoms with Gasteiger partial charge in [0, 0.05) is 31.1 Å². The first-order chi connectivity index (χ1) is 16.0. The van der Waals surface area contributed by atoms with Crippen LogP contribution in [0, 0.1) is 0 Å². The molecule has 9 heteroatoms. The molecule has 8 nitrogen and oxygen atoms in total. The molecule has 34 heavy (non-hydrogen) atoms. The fourth-order valence-corrected chi connectivity index (χ4v) is 3.75. The Hall–Kier alpha value is -3.33. The summed E-state index contributed by atoms with van der Waals surface area (Å²) in [5.74, 6) is -0.615. The third-order valence-electron chi connectivity index (χ3n) is 4.68. The van der Waals surface area contributed by atoms with Crippen LogP contribution in [-0.4, -0.2) is 66.0 Å². The van der Waals surface area contributed by atoms with Gasteiger partial charge in [-0.05, 0) is 44.5 Å². The minimum Gasteiger partial charge on any atom is -0.452 e. The topological polar surface area (TPSA) is 96.0 Å². The molecular formula is C25H31N3O5S. The van der Waals surface area contributed by atoms with E-state index in [1.165, 1.54) is 16.7 Å². The zero-order chi connectivity index (χ0) is 25.3. The zero-order valence-electron chi connectivity index (χ0n) is 20.2. The average molecular weight is 486 g/mol. The molecule has 0 atom stereocenters. The van der Waals surface area contributed by atoms with Crippen molar-refractivity contribution in [3.8, 4) is 0 Å². The predicted octanol–water partition coefficient (Wildman–Crippen LogP) is 3.42. The second-order valence-electron chi connectivity index (χ2n) is 8.83. The molecule has 182 valence electrons. The van der Waals surface area contributed by atoms with E-state index in [2.05, 4.69) is 5.32 Å². The first kappa shape index (κ1) is 26.9. The summed E-state index contributed by atoms with van der Waals surface area (Å²) >= 11 is 1.42. The maximum atomic E-state index is 12.8. The fraction of sp³-hybridized carbons (Fsp3) is 0.360. The van der Waals surface area contributed by atoms with Crippen molar-refractivity contribution in [3.63, 3.8) is 0 Å². The summed E-state index contributed by atoms with van der Waals surface area (Å²) in [6, 6.07) is 14.7. The molecule has 2 aromatic rings. The van der Waals surface area contributed by atoms with Gasteiger partial charge in [-0.1, -0.05) is 30.3 Å². The van der Waals surface area contributed by atoms with Crippen molar-refractivity contribution in [1.82, 2.24) is 9.80 Å². The number of esters is 1. The minimum atomic E-state index is -0.598. The minimum absolute atomic E-state index is 0.107. The van der Waals surface area contributed by atoms with Gasteiger partial charge in [-0.25, -0.2) is 4.79 Å². The van der Waals surface area contributed by atoms with E-state index in [0.717, 1.165) is 16.9 Å². The summed E-state index contributed by atoms with van der Waals surface area (Å²) in [5, 5.41) is 2.74. The summed E-state index contributed by atoms with van der Waals surface area (Å²) in [6.07, 6.45) is 0.750. The Morgan fingerprint density at radius 3 is 2.35 bits per heavy atom. The van der Waals surface area contributed by atoms with Crippen LogP contribution in [0.1, 0.15) is 36.7 Å². The fourth-order valence-electron chi connectivity index (χ4n) is 2.96. The lowest BCUT2D eigenvalue weighted by atomic mass is 10.0. The summed E-state index contributed by atoms with van der Waals surface area (Å²) in [4.78, 5) is 50.2. The molecule has 0 aliphatic carbocycles. The van der Waals surface area contributed by atoms with Gasteiger partial charge in [0.05, 0.1) is 17.0 Å². The van der Waals surface area contributed by atoms with Gasteiger partial charge in [0.25, 0.3) is 5.91 Å². The van der Waals surface area contributed by atoms with Gasteiger partial charge in [0.2, 0.25) is 12.3 Å². The van der Waals surface area contributed by atoms with E-state index >= 15 is 0 Å². The largest absolute Gasteiger partial charge is 0.452 e. The number of hydrogen-bond acceptors (Lipinski definition) is 6. The number of ether oxygens (including phenoxy) is 1. The first-order valence-electron chi connectivity index (χ1n) is 10.7. The summed E-state index contributed by atoms with van der Waals surface area (Å²) < 4.78 is 5.27. The van der Waals surface area contributed by atoms with Crippen LogP contribution in [0.3, 0.4) is 0 Å². The molecule has 0 fully saturated rings. The highest BCUT2D eigenvalue weighted by molar-refractivity contribution is 8.00. The quantitative estimate of drug-likeness (QED) is 0.498. The molecule has 0 aromatic heterocycles. The van der Waals surface area contributed by atoms with Crippen LogP contribution >= 0.6 is 11.8 Å². The van der Waals surface area contributed by atoms with Gasteiger partial charge in [-0.3, -0.25) is 14.4 Å². The van der Waals surface area contributed by atoms with E-state index < -0.39 is 11.5 Å². The van der Waals surface area contributed by atoms with Crippen LogP contribution in [0.15, 0.2) is 53.4 Å². The number of nitrogens with zero attached hydrogens (tertiary/aromatic N) is 2. The highest BCUT2D eigenvalue weighted by Gasteiger charge is 2.27. The van der Waals surface area contributed by atoms with Crippen LogP contribution in [0.2, 0.25) is 0 Å². The second kappa shape index (κ2) is 12.2. The van der Waals surface area contributed by atoms with Crippen molar-refractivity contribution in [2.24, 2.45) is 0 Å². The number of carbonyl (C=O) groups is 4. The molecule has 0 saturated carbocycles. The number of nitrogens with one attached hydrogen (secondary N) is 1. The van der Waals surface area contributed by atoms with E-state index in [1.807, 2.05) is 51.1 Å². The maximum Gasteiger partial charge on any atom is 0.338 e. The molecule has 1 aliphatic heterocycles. The lowest BCUT2D eigenvalue weighted by Gasteiger charge is -2.35. The van der Waals surface area contributed by atoms with Crippen LogP contribution in [-0.2, 0) is 25.7 Å². The molecule has 0 radical (unpaired) electrons. The monoisotopic (exact) mass is 485 g/mol. The molecule has 1 N–H and O–H groups in total. The highest BCUT2D eigenvalue weighted by atomic mass is 32.2. The van der Waals surface area contributed by atoms with Crippen LogP contribution in [0.25, 0.3) is 0 Å². The standard InChI is InChI=1S/C22H24N2O4S.C3H7NO/c1-22(2,3)24(12-15-7-5-4-6-8-15)20(26)13-28-21(27)16-9-10-18-17(11-16)23-19(25)14-29-18;1-4(2)3-5/h4-11H,12-14H2,1-3H3,(H,23,25);3H,1-2H3. The molecule has 2 aromatic carbocycles. The molecule has 0 spiro atoms. The molecular weight excluding hydrogens is 454 g/mol. The van der Waals surface area contributed by atoms with Crippen molar-refractivity contribution in [2.45, 2.75) is 37.8 Å². The second-order valence-corrected chi connectivity index (χ2v) is 9.85. The number of thioether (sulfide) groups is 1. The van der Waals surface area contributed by atoms with E-state index in [1.54, 1.807) is 37.2 Å². The third kappa shape index (κ3) is 8.22. The normalized spacial score (nSPS) is 12.3. The Balaban J connectivity index is 0.000000739. The molecule has 0 saturated heterocycles. The van der Waals surface area contributed by atoms with Crippen molar-refractivity contribution < 1.29 is 23.9 Å². The number of fused-ring (bicyclic) bond motifs is 1. The van der Waals surface area contributed by atoms with Gasteiger partial charge in [-0.2, -0.15) is 0 Å². The predicted molar refractivity (Wildman–Crippen MR) is 133 cm³/mol. The molecule has 1 aliphatic rings. The van der Waals surface area contributed by atoms with Crippen molar-refractivity contribution in [1.29, 1.82) is 0 Å². The Labute approximate surface area is 204 Å².